The van der Waals surface area contributed by atoms with Gasteiger partial charge in [0.25, 0.3) is 5.91 Å². The lowest BCUT2D eigenvalue weighted by molar-refractivity contribution is 0.0949. The zero-order valence-electron chi connectivity index (χ0n) is 12.9. The van der Waals surface area contributed by atoms with Crippen LogP contribution in [0.5, 0.6) is 0 Å². The minimum atomic E-state index is -0.0196. The van der Waals surface area contributed by atoms with Crippen LogP contribution in [0.4, 0.5) is 5.82 Å². The Balaban J connectivity index is 1.50. The Morgan fingerprint density at radius 1 is 1.42 bits per heavy atom. The standard InChI is InChI=1S/C16H16BrN5OS/c17-12-7-14(24-10-12)16(23)21-9-11-1-5-22(6-2-11)15-13(8-18)19-3-4-20-15/h3-4,7,10-11H,1-2,5-6,9H2,(H,21,23). The second-order valence-electron chi connectivity index (χ2n) is 5.61. The molecule has 1 saturated heterocycles. The first-order chi connectivity index (χ1) is 11.7. The Kier molecular flexibility index (Phi) is 5.43. The molecule has 1 aliphatic rings. The van der Waals surface area contributed by atoms with Gasteiger partial charge in [0.2, 0.25) is 0 Å². The fraction of sp³-hybridized carbons (Fsp3) is 0.375. The van der Waals surface area contributed by atoms with Crippen LogP contribution in [0, 0.1) is 17.2 Å². The van der Waals surface area contributed by atoms with Crippen LogP contribution in [-0.2, 0) is 0 Å². The van der Waals surface area contributed by atoms with Gasteiger partial charge in [0.05, 0.1) is 4.88 Å². The summed E-state index contributed by atoms with van der Waals surface area (Å²) in [6.45, 7) is 2.31. The number of hydrogen-bond donors (Lipinski definition) is 1. The van der Waals surface area contributed by atoms with Crippen molar-refractivity contribution in [3.8, 4) is 6.07 Å². The van der Waals surface area contributed by atoms with Crippen LogP contribution in [0.15, 0.2) is 28.3 Å². The van der Waals surface area contributed by atoms with E-state index in [1.165, 1.54) is 17.5 Å². The molecule has 24 heavy (non-hydrogen) atoms. The molecule has 0 aliphatic carbocycles. The van der Waals surface area contributed by atoms with Gasteiger partial charge in [0.1, 0.15) is 6.07 Å². The maximum atomic E-state index is 12.1. The lowest BCUT2D eigenvalue weighted by atomic mass is 9.96. The molecule has 6 nitrogen and oxygen atoms in total. The first kappa shape index (κ1) is 16.9. The van der Waals surface area contributed by atoms with E-state index in [0.29, 0.717) is 24.0 Å². The Bertz CT molecular complexity index is 764. The number of piperidine rings is 1. The van der Waals surface area contributed by atoms with Gasteiger partial charge < -0.3 is 10.2 Å². The highest BCUT2D eigenvalue weighted by Gasteiger charge is 2.23. The number of amides is 1. The summed E-state index contributed by atoms with van der Waals surface area (Å²) in [7, 11) is 0. The van der Waals surface area contributed by atoms with Gasteiger partial charge in [-0.15, -0.1) is 11.3 Å². The molecule has 0 aromatic carbocycles. The number of carbonyl (C=O) groups excluding carboxylic acids is 1. The maximum absolute atomic E-state index is 12.1. The van der Waals surface area contributed by atoms with Crippen molar-refractivity contribution in [1.29, 1.82) is 5.26 Å². The summed E-state index contributed by atoms with van der Waals surface area (Å²) in [5.74, 6) is 1.08. The molecule has 124 valence electrons. The lowest BCUT2D eigenvalue weighted by Gasteiger charge is -2.32. The Hall–Kier alpha value is -1.98. The van der Waals surface area contributed by atoms with Crippen LogP contribution in [0.2, 0.25) is 0 Å². The molecule has 3 rings (SSSR count). The lowest BCUT2D eigenvalue weighted by Crippen LogP contribution is -2.39. The number of rotatable bonds is 4. The summed E-state index contributed by atoms with van der Waals surface area (Å²) in [6, 6.07) is 3.92. The van der Waals surface area contributed by atoms with Crippen molar-refractivity contribution in [3.63, 3.8) is 0 Å². The van der Waals surface area contributed by atoms with E-state index in [1.807, 2.05) is 11.4 Å². The quantitative estimate of drug-likeness (QED) is 0.845. The van der Waals surface area contributed by atoms with Gasteiger partial charge >= 0.3 is 0 Å². The third-order valence-corrected chi connectivity index (χ3v) is 5.73. The average Bonchev–Trinajstić information content (AvgIpc) is 3.06. The van der Waals surface area contributed by atoms with E-state index in [0.717, 1.165) is 35.3 Å². The van der Waals surface area contributed by atoms with Gasteiger partial charge in [0.15, 0.2) is 11.5 Å². The average molecular weight is 406 g/mol. The summed E-state index contributed by atoms with van der Waals surface area (Å²) < 4.78 is 0.934. The molecule has 0 radical (unpaired) electrons. The number of aromatic nitrogens is 2. The van der Waals surface area contributed by atoms with Crippen LogP contribution in [0.3, 0.4) is 0 Å². The molecule has 0 atom stereocenters. The number of anilines is 1. The Morgan fingerprint density at radius 2 is 2.17 bits per heavy atom. The monoisotopic (exact) mass is 405 g/mol. The number of halogens is 1. The van der Waals surface area contributed by atoms with Crippen molar-refractivity contribution >= 4 is 39.0 Å². The van der Waals surface area contributed by atoms with Gasteiger partial charge in [-0.3, -0.25) is 4.79 Å². The fourth-order valence-electron chi connectivity index (χ4n) is 2.75. The van der Waals surface area contributed by atoms with Gasteiger partial charge in [-0.1, -0.05) is 0 Å². The number of nitrogens with one attached hydrogen (secondary N) is 1. The largest absolute Gasteiger partial charge is 0.354 e. The summed E-state index contributed by atoms with van der Waals surface area (Å²) >= 11 is 4.79. The van der Waals surface area contributed by atoms with E-state index < -0.39 is 0 Å². The van der Waals surface area contributed by atoms with Gasteiger partial charge in [-0.2, -0.15) is 5.26 Å². The highest BCUT2D eigenvalue weighted by molar-refractivity contribution is 9.10. The fourth-order valence-corrected chi connectivity index (χ4v) is 4.09. The molecule has 2 aromatic rings. The Labute approximate surface area is 152 Å². The highest BCUT2D eigenvalue weighted by atomic mass is 79.9. The number of hydrogen-bond acceptors (Lipinski definition) is 6. The summed E-state index contributed by atoms with van der Waals surface area (Å²) in [5.41, 5.74) is 0.368. The maximum Gasteiger partial charge on any atom is 0.261 e. The third-order valence-electron chi connectivity index (χ3n) is 4.04. The van der Waals surface area contributed by atoms with Crippen LogP contribution in [0.25, 0.3) is 0 Å². The predicted molar refractivity (Wildman–Crippen MR) is 96.0 cm³/mol. The van der Waals surface area contributed by atoms with Crippen LogP contribution in [0.1, 0.15) is 28.2 Å². The summed E-state index contributed by atoms with van der Waals surface area (Å²) in [4.78, 5) is 23.2. The van der Waals surface area contributed by atoms with Crippen molar-refractivity contribution in [2.75, 3.05) is 24.5 Å². The van der Waals surface area contributed by atoms with Gasteiger partial charge in [-0.05, 0) is 40.8 Å². The second kappa shape index (κ2) is 7.73. The number of nitrogens with zero attached hydrogens (tertiary/aromatic N) is 4. The molecule has 1 amide bonds. The second-order valence-corrected chi connectivity index (χ2v) is 7.44. The van der Waals surface area contributed by atoms with Crippen molar-refractivity contribution in [2.24, 2.45) is 5.92 Å². The van der Waals surface area contributed by atoms with Crippen molar-refractivity contribution in [2.45, 2.75) is 12.8 Å². The highest BCUT2D eigenvalue weighted by Crippen LogP contribution is 2.23. The zero-order valence-corrected chi connectivity index (χ0v) is 15.3. The Morgan fingerprint density at radius 3 is 2.83 bits per heavy atom. The molecule has 0 saturated carbocycles. The van der Waals surface area contributed by atoms with Crippen molar-refractivity contribution in [1.82, 2.24) is 15.3 Å². The number of nitriles is 1. The first-order valence-corrected chi connectivity index (χ1v) is 9.33. The zero-order chi connectivity index (χ0) is 16.9. The molecule has 0 bridgehead atoms. The first-order valence-electron chi connectivity index (χ1n) is 7.65. The normalized spacial score (nSPS) is 15.1. The van der Waals surface area contributed by atoms with Crippen molar-refractivity contribution < 1.29 is 4.79 Å². The molecule has 2 aromatic heterocycles. The third kappa shape index (κ3) is 3.91. The molecule has 0 unspecified atom stereocenters. The van der Waals surface area contributed by atoms with E-state index in [-0.39, 0.29) is 5.91 Å². The van der Waals surface area contributed by atoms with E-state index >= 15 is 0 Å². The van der Waals surface area contributed by atoms with E-state index in [9.17, 15) is 4.79 Å². The van der Waals surface area contributed by atoms with Crippen LogP contribution < -0.4 is 10.2 Å². The van der Waals surface area contributed by atoms with E-state index in [2.05, 4.69) is 42.2 Å². The molecule has 3 heterocycles. The summed E-state index contributed by atoms with van der Waals surface area (Å²) in [5, 5.41) is 14.0. The molecule has 1 aliphatic heterocycles. The molecular formula is C16H16BrN5OS. The number of carbonyl (C=O) groups is 1. The smallest absolute Gasteiger partial charge is 0.261 e. The van der Waals surface area contributed by atoms with Gasteiger partial charge in [0, 0.05) is 41.9 Å². The summed E-state index contributed by atoms with van der Waals surface area (Å²) in [6.07, 6.45) is 5.06. The SMILES string of the molecule is N#Cc1nccnc1N1CCC(CNC(=O)c2cc(Br)cs2)CC1. The molecule has 1 fully saturated rings. The van der Waals surface area contributed by atoms with Crippen molar-refractivity contribution in [3.05, 3.63) is 38.9 Å². The van der Waals surface area contributed by atoms with E-state index in [1.54, 1.807) is 6.20 Å². The minimum absolute atomic E-state index is 0.0196. The molecule has 8 heteroatoms. The van der Waals surface area contributed by atoms with Gasteiger partial charge in [-0.25, -0.2) is 9.97 Å². The van der Waals surface area contributed by atoms with E-state index in [4.69, 9.17) is 5.26 Å². The molecule has 1 N–H and O–H groups in total. The topological polar surface area (TPSA) is 81.9 Å². The minimum Gasteiger partial charge on any atom is -0.354 e. The number of thiophene rings is 1. The predicted octanol–water partition coefficient (Wildman–Crippen LogP) is 2.82. The van der Waals surface area contributed by atoms with Crippen LogP contribution in [-0.4, -0.2) is 35.5 Å². The van der Waals surface area contributed by atoms with Crippen LogP contribution >= 0.6 is 27.3 Å². The molecule has 0 spiro atoms. The molecular weight excluding hydrogens is 390 g/mol.